The van der Waals surface area contributed by atoms with E-state index in [4.69, 9.17) is 0 Å². The zero-order valence-corrected chi connectivity index (χ0v) is 11.6. The summed E-state index contributed by atoms with van der Waals surface area (Å²) in [5.41, 5.74) is 4.66. The lowest BCUT2D eigenvalue weighted by atomic mass is 10.0. The highest BCUT2D eigenvalue weighted by Crippen LogP contribution is 2.20. The van der Waals surface area contributed by atoms with Gasteiger partial charge in [0.2, 0.25) is 0 Å². The Kier molecular flexibility index (Phi) is 3.82. The third-order valence-corrected chi connectivity index (χ3v) is 3.28. The fourth-order valence-corrected chi connectivity index (χ4v) is 2.37. The number of hydrogen-bond donors (Lipinski definition) is 1. The molecule has 0 amide bonds. The van der Waals surface area contributed by atoms with Crippen molar-refractivity contribution in [2.45, 2.75) is 33.2 Å². The molecule has 1 atom stereocenters. The number of aryl methyl sites for hydroxylation is 2. The first-order chi connectivity index (χ1) is 8.65. The van der Waals surface area contributed by atoms with Crippen LogP contribution in [0.5, 0.6) is 0 Å². The van der Waals surface area contributed by atoms with Crippen molar-refractivity contribution in [3.63, 3.8) is 0 Å². The lowest BCUT2D eigenvalue weighted by molar-refractivity contribution is 0.576. The van der Waals surface area contributed by atoms with Gasteiger partial charge >= 0.3 is 0 Å². The largest absolute Gasteiger partial charge is 0.313 e. The van der Waals surface area contributed by atoms with Crippen LogP contribution in [-0.2, 0) is 0 Å². The van der Waals surface area contributed by atoms with Crippen LogP contribution in [0.4, 0.5) is 0 Å². The van der Waals surface area contributed by atoms with Crippen molar-refractivity contribution < 1.29 is 0 Å². The average Bonchev–Trinajstić information content (AvgIpc) is 2.70. The molecule has 3 nitrogen and oxygen atoms in total. The van der Waals surface area contributed by atoms with E-state index in [0.717, 1.165) is 17.8 Å². The molecule has 0 bridgehead atoms. The van der Waals surface area contributed by atoms with Gasteiger partial charge in [0.25, 0.3) is 0 Å². The highest BCUT2D eigenvalue weighted by Gasteiger charge is 2.09. The third kappa shape index (κ3) is 2.46. The maximum absolute atomic E-state index is 4.53. The minimum absolute atomic E-state index is 0.405. The second kappa shape index (κ2) is 5.36. The zero-order chi connectivity index (χ0) is 13.1. The highest BCUT2D eigenvalue weighted by molar-refractivity contribution is 5.38. The Morgan fingerprint density at radius 1 is 1.28 bits per heavy atom. The number of rotatable bonds is 4. The van der Waals surface area contributed by atoms with Gasteiger partial charge in [0.15, 0.2) is 0 Å². The Hall–Kier alpha value is -1.61. The van der Waals surface area contributed by atoms with Gasteiger partial charge in [-0.05, 0) is 51.1 Å². The van der Waals surface area contributed by atoms with E-state index >= 15 is 0 Å². The van der Waals surface area contributed by atoms with Crippen LogP contribution >= 0.6 is 0 Å². The van der Waals surface area contributed by atoms with Crippen LogP contribution in [0.3, 0.4) is 0 Å². The minimum atomic E-state index is 0.405. The van der Waals surface area contributed by atoms with Gasteiger partial charge < -0.3 is 5.32 Å². The standard InChI is InChI=1S/C15H21N3/c1-5-15(16-4)13-7-6-8-14(10-13)18-12(3)9-11(2)17-18/h6-10,15-16H,5H2,1-4H3. The lowest BCUT2D eigenvalue weighted by Gasteiger charge is -2.15. The Labute approximate surface area is 109 Å². The van der Waals surface area contributed by atoms with E-state index in [-0.39, 0.29) is 0 Å². The molecule has 18 heavy (non-hydrogen) atoms. The molecule has 0 aliphatic carbocycles. The molecule has 96 valence electrons. The molecule has 0 saturated carbocycles. The minimum Gasteiger partial charge on any atom is -0.313 e. The molecule has 1 aromatic heterocycles. The number of benzene rings is 1. The predicted octanol–water partition coefficient (Wildman–Crippen LogP) is 3.16. The highest BCUT2D eigenvalue weighted by atomic mass is 15.3. The normalized spacial score (nSPS) is 12.7. The Bertz CT molecular complexity index is 524. The summed E-state index contributed by atoms with van der Waals surface area (Å²) in [6.07, 6.45) is 1.08. The molecule has 0 radical (unpaired) electrons. The van der Waals surface area contributed by atoms with Crippen LogP contribution in [0.25, 0.3) is 5.69 Å². The van der Waals surface area contributed by atoms with Crippen molar-refractivity contribution >= 4 is 0 Å². The summed E-state index contributed by atoms with van der Waals surface area (Å²) < 4.78 is 2.00. The molecular formula is C15H21N3. The molecule has 0 aliphatic rings. The van der Waals surface area contributed by atoms with Crippen molar-refractivity contribution in [3.8, 4) is 5.69 Å². The Morgan fingerprint density at radius 2 is 2.06 bits per heavy atom. The lowest BCUT2D eigenvalue weighted by Crippen LogP contribution is -2.15. The molecule has 1 aromatic carbocycles. The summed E-state index contributed by atoms with van der Waals surface area (Å²) in [5.74, 6) is 0. The van der Waals surface area contributed by atoms with E-state index in [2.05, 4.69) is 54.6 Å². The molecule has 1 N–H and O–H groups in total. The molecule has 0 saturated heterocycles. The first-order valence-corrected chi connectivity index (χ1v) is 6.46. The van der Waals surface area contributed by atoms with Crippen LogP contribution in [0, 0.1) is 13.8 Å². The average molecular weight is 243 g/mol. The van der Waals surface area contributed by atoms with Crippen LogP contribution < -0.4 is 5.32 Å². The van der Waals surface area contributed by atoms with Gasteiger partial charge in [-0.25, -0.2) is 4.68 Å². The zero-order valence-electron chi connectivity index (χ0n) is 11.6. The van der Waals surface area contributed by atoms with Crippen LogP contribution in [0.1, 0.15) is 36.3 Å². The monoisotopic (exact) mass is 243 g/mol. The van der Waals surface area contributed by atoms with Gasteiger partial charge in [-0.15, -0.1) is 0 Å². The molecule has 1 unspecified atom stereocenters. The van der Waals surface area contributed by atoms with Gasteiger partial charge in [-0.2, -0.15) is 5.10 Å². The molecule has 1 heterocycles. The van der Waals surface area contributed by atoms with Gasteiger partial charge in [-0.3, -0.25) is 0 Å². The summed E-state index contributed by atoms with van der Waals surface area (Å²) in [5, 5.41) is 7.87. The van der Waals surface area contributed by atoms with Gasteiger partial charge in [0.1, 0.15) is 0 Å². The van der Waals surface area contributed by atoms with Crippen molar-refractivity contribution in [3.05, 3.63) is 47.3 Å². The van der Waals surface area contributed by atoms with Crippen molar-refractivity contribution in [1.29, 1.82) is 0 Å². The first-order valence-electron chi connectivity index (χ1n) is 6.46. The van der Waals surface area contributed by atoms with Crippen molar-refractivity contribution in [1.82, 2.24) is 15.1 Å². The maximum atomic E-state index is 4.53. The fourth-order valence-electron chi connectivity index (χ4n) is 2.37. The second-order valence-electron chi connectivity index (χ2n) is 4.68. The predicted molar refractivity (Wildman–Crippen MR) is 75.1 cm³/mol. The summed E-state index contributed by atoms with van der Waals surface area (Å²) in [4.78, 5) is 0. The molecule has 2 aromatic rings. The molecule has 0 fully saturated rings. The van der Waals surface area contributed by atoms with E-state index in [0.29, 0.717) is 6.04 Å². The summed E-state index contributed by atoms with van der Waals surface area (Å²) in [7, 11) is 2.00. The van der Waals surface area contributed by atoms with Crippen LogP contribution in [0.15, 0.2) is 30.3 Å². The quantitative estimate of drug-likeness (QED) is 0.894. The van der Waals surface area contributed by atoms with E-state index in [1.807, 2.05) is 18.7 Å². The Morgan fingerprint density at radius 3 is 2.61 bits per heavy atom. The summed E-state index contributed by atoms with van der Waals surface area (Å²) in [6, 6.07) is 11.1. The molecule has 3 heteroatoms. The van der Waals surface area contributed by atoms with E-state index < -0.39 is 0 Å². The SMILES string of the molecule is CCC(NC)c1cccc(-n2nc(C)cc2C)c1. The summed E-state index contributed by atoms with van der Waals surface area (Å²) >= 11 is 0. The molecule has 0 spiro atoms. The number of nitrogens with one attached hydrogen (secondary N) is 1. The topological polar surface area (TPSA) is 29.9 Å². The van der Waals surface area contributed by atoms with Gasteiger partial charge in [0, 0.05) is 11.7 Å². The number of hydrogen-bond acceptors (Lipinski definition) is 2. The van der Waals surface area contributed by atoms with Crippen molar-refractivity contribution in [2.75, 3.05) is 7.05 Å². The fraction of sp³-hybridized carbons (Fsp3) is 0.400. The van der Waals surface area contributed by atoms with E-state index in [1.165, 1.54) is 11.3 Å². The van der Waals surface area contributed by atoms with Crippen LogP contribution in [0.2, 0.25) is 0 Å². The smallest absolute Gasteiger partial charge is 0.0652 e. The molecule has 0 aliphatic heterocycles. The Balaban J connectivity index is 2.41. The van der Waals surface area contributed by atoms with E-state index in [1.54, 1.807) is 0 Å². The van der Waals surface area contributed by atoms with Gasteiger partial charge in [-0.1, -0.05) is 19.1 Å². The first kappa shape index (κ1) is 12.8. The maximum Gasteiger partial charge on any atom is 0.0652 e. The summed E-state index contributed by atoms with van der Waals surface area (Å²) in [6.45, 7) is 6.30. The molecular weight excluding hydrogens is 222 g/mol. The third-order valence-electron chi connectivity index (χ3n) is 3.28. The number of aromatic nitrogens is 2. The molecule has 2 rings (SSSR count). The van der Waals surface area contributed by atoms with E-state index in [9.17, 15) is 0 Å². The second-order valence-corrected chi connectivity index (χ2v) is 4.68. The van der Waals surface area contributed by atoms with Gasteiger partial charge in [0.05, 0.1) is 11.4 Å². The van der Waals surface area contributed by atoms with Crippen LogP contribution in [-0.4, -0.2) is 16.8 Å². The number of nitrogens with zero attached hydrogens (tertiary/aromatic N) is 2. The van der Waals surface area contributed by atoms with Crippen molar-refractivity contribution in [2.24, 2.45) is 0 Å².